The Labute approximate surface area is 126 Å². The molecule has 2 bridgehead atoms. The Kier molecular flexibility index (Phi) is 3.84. The number of nitrogens with zero attached hydrogens (tertiary/aromatic N) is 3. The van der Waals surface area contributed by atoms with E-state index in [1.807, 2.05) is 0 Å². The van der Waals surface area contributed by atoms with E-state index in [0.29, 0.717) is 18.7 Å². The van der Waals surface area contributed by atoms with Gasteiger partial charge in [-0.1, -0.05) is 11.6 Å². The number of piperidine rings is 2. The molecule has 1 aromatic rings. The highest BCUT2D eigenvalue weighted by molar-refractivity contribution is 6.29. The third kappa shape index (κ3) is 2.74. The van der Waals surface area contributed by atoms with Crippen LogP contribution in [-0.2, 0) is 0 Å². The molecule has 0 radical (unpaired) electrons. The number of aromatic nitrogens is 2. The van der Waals surface area contributed by atoms with Crippen LogP contribution in [0.15, 0.2) is 12.1 Å². The minimum absolute atomic E-state index is 0.133. The van der Waals surface area contributed by atoms with Crippen LogP contribution >= 0.6 is 11.6 Å². The number of nitrogens with one attached hydrogen (secondary N) is 1. The average Bonchev–Trinajstić information content (AvgIpc) is 2.46. The highest BCUT2D eigenvalue weighted by atomic mass is 35.5. The van der Waals surface area contributed by atoms with Crippen molar-refractivity contribution < 1.29 is 14.3 Å². The number of hydrogen-bond acceptors (Lipinski definition) is 4. The molecule has 2 aliphatic rings. The molecule has 2 fully saturated rings. The van der Waals surface area contributed by atoms with Crippen molar-refractivity contribution in [2.24, 2.45) is 0 Å². The van der Waals surface area contributed by atoms with Crippen molar-refractivity contribution in [2.75, 3.05) is 5.32 Å². The minimum atomic E-state index is -1.25. The molecule has 21 heavy (non-hydrogen) atoms. The molecule has 0 spiro atoms. The fourth-order valence-electron chi connectivity index (χ4n) is 3.37. The Morgan fingerprint density at radius 2 is 2.24 bits per heavy atom. The second kappa shape index (κ2) is 5.63. The lowest BCUT2D eigenvalue weighted by molar-refractivity contribution is -0.00794. The van der Waals surface area contributed by atoms with E-state index >= 15 is 0 Å². The molecule has 3 rings (SSSR count). The van der Waals surface area contributed by atoms with Crippen molar-refractivity contribution in [1.29, 1.82) is 0 Å². The number of halogens is 2. The van der Waals surface area contributed by atoms with Gasteiger partial charge in [-0.3, -0.25) is 4.90 Å². The van der Waals surface area contributed by atoms with Crippen LogP contribution in [-0.4, -0.2) is 50.6 Å². The van der Waals surface area contributed by atoms with Gasteiger partial charge in [-0.2, -0.15) is 0 Å². The molecule has 3 heterocycles. The van der Waals surface area contributed by atoms with E-state index in [4.69, 9.17) is 11.6 Å². The highest BCUT2D eigenvalue weighted by Gasteiger charge is 2.47. The smallest absolute Gasteiger partial charge is 0.407 e. The number of rotatable bonds is 2. The normalized spacial score (nSPS) is 31.8. The first-order valence-corrected chi connectivity index (χ1v) is 7.35. The molecule has 0 aromatic carbocycles. The summed E-state index contributed by atoms with van der Waals surface area (Å²) in [6.45, 7) is 0. The van der Waals surface area contributed by atoms with E-state index < -0.39 is 24.3 Å². The summed E-state index contributed by atoms with van der Waals surface area (Å²) in [5.41, 5.74) is 0. The molecule has 114 valence electrons. The zero-order chi connectivity index (χ0) is 15.0. The Bertz CT molecular complexity index is 529. The molecular formula is C13H16ClFN4O2. The number of amides is 1. The van der Waals surface area contributed by atoms with E-state index in [1.54, 1.807) is 12.1 Å². The first kappa shape index (κ1) is 14.3. The minimum Gasteiger partial charge on any atom is -0.465 e. The summed E-state index contributed by atoms with van der Waals surface area (Å²) in [4.78, 5) is 12.6. The van der Waals surface area contributed by atoms with Crippen molar-refractivity contribution in [1.82, 2.24) is 15.1 Å². The predicted molar refractivity (Wildman–Crippen MR) is 75.3 cm³/mol. The maximum Gasteiger partial charge on any atom is 0.407 e. The van der Waals surface area contributed by atoms with E-state index in [-0.39, 0.29) is 11.2 Å². The van der Waals surface area contributed by atoms with Gasteiger partial charge in [0.2, 0.25) is 0 Å². The molecule has 0 saturated carbocycles. The molecule has 8 heteroatoms. The summed E-state index contributed by atoms with van der Waals surface area (Å²) < 4.78 is 14.7. The van der Waals surface area contributed by atoms with Gasteiger partial charge in [0.25, 0.3) is 0 Å². The van der Waals surface area contributed by atoms with Crippen molar-refractivity contribution in [3.05, 3.63) is 17.3 Å². The lowest BCUT2D eigenvalue weighted by Gasteiger charge is -2.49. The van der Waals surface area contributed by atoms with Gasteiger partial charge >= 0.3 is 6.09 Å². The molecule has 1 aromatic heterocycles. The monoisotopic (exact) mass is 314 g/mol. The van der Waals surface area contributed by atoms with Crippen molar-refractivity contribution >= 4 is 23.5 Å². The topological polar surface area (TPSA) is 78.4 Å². The van der Waals surface area contributed by atoms with E-state index in [1.165, 1.54) is 4.90 Å². The van der Waals surface area contributed by atoms with Crippen LogP contribution in [0, 0.1) is 0 Å². The van der Waals surface area contributed by atoms with Gasteiger partial charge in [-0.25, -0.2) is 9.18 Å². The van der Waals surface area contributed by atoms with E-state index in [9.17, 15) is 14.3 Å². The summed E-state index contributed by atoms with van der Waals surface area (Å²) >= 11 is 5.67. The summed E-state index contributed by atoms with van der Waals surface area (Å²) in [6.07, 6.45) is 0.364. The Morgan fingerprint density at radius 1 is 1.43 bits per heavy atom. The zero-order valence-electron chi connectivity index (χ0n) is 11.2. The molecular weight excluding hydrogens is 299 g/mol. The number of hydrogen-bond donors (Lipinski definition) is 2. The van der Waals surface area contributed by atoms with Crippen molar-refractivity contribution in [2.45, 2.75) is 50.0 Å². The van der Waals surface area contributed by atoms with Crippen molar-refractivity contribution in [3.8, 4) is 0 Å². The number of alkyl halides is 1. The quantitative estimate of drug-likeness (QED) is 0.877. The van der Waals surface area contributed by atoms with Gasteiger partial charge in [-0.15, -0.1) is 10.2 Å². The fraction of sp³-hybridized carbons (Fsp3) is 0.615. The molecule has 0 unspecified atom stereocenters. The summed E-state index contributed by atoms with van der Waals surface area (Å²) in [6, 6.07) is 2.06. The Balaban J connectivity index is 1.76. The Hall–Kier alpha value is -1.63. The second-order valence-electron chi connectivity index (χ2n) is 5.51. The lowest BCUT2D eigenvalue weighted by atomic mass is 9.81. The lowest BCUT2D eigenvalue weighted by Crippen LogP contribution is -2.62. The molecule has 1 amide bonds. The largest absolute Gasteiger partial charge is 0.465 e. The second-order valence-corrected chi connectivity index (χ2v) is 5.90. The molecule has 6 nitrogen and oxygen atoms in total. The van der Waals surface area contributed by atoms with Gasteiger partial charge in [-0.05, 0) is 37.8 Å². The summed E-state index contributed by atoms with van der Waals surface area (Å²) in [5, 5.41) is 20.1. The predicted octanol–water partition coefficient (Wildman–Crippen LogP) is 2.55. The van der Waals surface area contributed by atoms with Gasteiger partial charge in [0.1, 0.15) is 12.0 Å². The first-order valence-electron chi connectivity index (χ1n) is 6.97. The van der Waals surface area contributed by atoms with Gasteiger partial charge in [0, 0.05) is 6.04 Å². The van der Waals surface area contributed by atoms with Crippen LogP contribution in [0.3, 0.4) is 0 Å². The van der Waals surface area contributed by atoms with Gasteiger partial charge < -0.3 is 10.4 Å². The summed E-state index contributed by atoms with van der Waals surface area (Å²) in [7, 11) is 0. The molecule has 4 atom stereocenters. The third-order valence-electron chi connectivity index (χ3n) is 4.25. The van der Waals surface area contributed by atoms with Crippen LogP contribution in [0.4, 0.5) is 15.0 Å². The first-order chi connectivity index (χ1) is 10.1. The Morgan fingerprint density at radius 3 is 2.90 bits per heavy atom. The van der Waals surface area contributed by atoms with Gasteiger partial charge in [0.15, 0.2) is 5.15 Å². The zero-order valence-corrected chi connectivity index (χ0v) is 12.0. The van der Waals surface area contributed by atoms with Crippen LogP contribution in [0.5, 0.6) is 0 Å². The number of anilines is 1. The maximum atomic E-state index is 14.7. The van der Waals surface area contributed by atoms with E-state index in [0.717, 1.165) is 12.8 Å². The fourth-order valence-corrected chi connectivity index (χ4v) is 3.47. The van der Waals surface area contributed by atoms with E-state index in [2.05, 4.69) is 15.5 Å². The number of carbonyl (C=O) groups is 1. The molecule has 2 saturated heterocycles. The average molecular weight is 315 g/mol. The number of fused-ring (bicyclic) bond motifs is 2. The summed E-state index contributed by atoms with van der Waals surface area (Å²) in [5.74, 6) is 0.453. The maximum absolute atomic E-state index is 14.7. The van der Waals surface area contributed by atoms with Crippen LogP contribution in [0.25, 0.3) is 0 Å². The van der Waals surface area contributed by atoms with Gasteiger partial charge in [0.05, 0.1) is 12.1 Å². The third-order valence-corrected chi connectivity index (χ3v) is 4.45. The SMILES string of the molecule is O=C(O)N1[C@@H]2CCC[C@H]1[C@H](F)[C@H](Nc1ccc(Cl)nn1)C2. The number of carboxylic acid groups (broad SMARTS) is 1. The molecule has 0 aliphatic carbocycles. The standard InChI is InChI=1S/C13H16ClFN4O2/c14-10-4-5-11(18-17-10)16-8-6-7-2-1-3-9(12(8)15)19(7)13(20)21/h4-5,7-9,12H,1-3,6H2,(H,16,18)(H,20,21)/t7-,8-,9+,12-/m1/s1. The highest BCUT2D eigenvalue weighted by Crippen LogP contribution is 2.36. The van der Waals surface area contributed by atoms with Crippen molar-refractivity contribution in [3.63, 3.8) is 0 Å². The van der Waals surface area contributed by atoms with Crippen LogP contribution in [0.1, 0.15) is 25.7 Å². The molecule has 2 aliphatic heterocycles. The molecule has 2 N–H and O–H groups in total. The van der Waals surface area contributed by atoms with Crippen LogP contribution in [0.2, 0.25) is 5.15 Å². The van der Waals surface area contributed by atoms with Crippen LogP contribution < -0.4 is 5.32 Å².